The quantitative estimate of drug-likeness (QED) is 0.694. The molecule has 0 saturated heterocycles. The van der Waals surface area contributed by atoms with Gasteiger partial charge in [-0.3, -0.25) is 4.79 Å². The minimum absolute atomic E-state index is 0.0464. The molecular weight excluding hydrogens is 321 g/mol. The van der Waals surface area contributed by atoms with Gasteiger partial charge in [-0.2, -0.15) is 0 Å². The van der Waals surface area contributed by atoms with Crippen LogP contribution < -0.4 is 0 Å². The Morgan fingerprint density at radius 3 is 2.55 bits per heavy atom. The fourth-order valence-electron chi connectivity index (χ4n) is 2.35. The van der Waals surface area contributed by atoms with Crippen LogP contribution in [0.5, 0.6) is 0 Å². The highest BCUT2D eigenvalue weighted by molar-refractivity contribution is 9.10. The second-order valence-electron chi connectivity index (χ2n) is 6.11. The smallest absolute Gasteiger partial charge is 0.254 e. The molecule has 0 unspecified atom stereocenters. The molecule has 1 aromatic carbocycles. The monoisotopic (exact) mass is 339 g/mol. The third-order valence-electron chi connectivity index (χ3n) is 3.63. The maximum absolute atomic E-state index is 13.2. The average Bonchev–Trinajstić information content (AvgIpc) is 2.40. The standard InChI is InChI=1S/C16H19BrFNO/c1-16(2,3)12-6-8-19(9-7-12)15(20)11-4-5-14(18)13(17)10-11/h4-6,10H,7-9H2,1-3H3. The molecule has 2 nitrogen and oxygen atoms in total. The van der Waals surface area contributed by atoms with E-state index in [1.54, 1.807) is 11.0 Å². The Labute approximate surface area is 127 Å². The molecule has 2 rings (SSSR count). The molecule has 108 valence electrons. The minimum atomic E-state index is -0.352. The molecule has 0 saturated carbocycles. The van der Waals surface area contributed by atoms with Crippen LogP contribution in [0.3, 0.4) is 0 Å². The van der Waals surface area contributed by atoms with Crippen molar-refractivity contribution in [3.8, 4) is 0 Å². The van der Waals surface area contributed by atoms with Crippen molar-refractivity contribution in [3.05, 3.63) is 45.7 Å². The number of carbonyl (C=O) groups is 1. The van der Waals surface area contributed by atoms with Gasteiger partial charge in [0.15, 0.2) is 0 Å². The fourth-order valence-corrected chi connectivity index (χ4v) is 2.73. The third kappa shape index (κ3) is 3.29. The van der Waals surface area contributed by atoms with E-state index in [1.165, 1.54) is 17.7 Å². The number of nitrogens with zero attached hydrogens (tertiary/aromatic N) is 1. The van der Waals surface area contributed by atoms with E-state index in [0.717, 1.165) is 13.0 Å². The topological polar surface area (TPSA) is 20.3 Å². The van der Waals surface area contributed by atoms with Crippen LogP contribution in [0.25, 0.3) is 0 Å². The number of hydrogen-bond donors (Lipinski definition) is 0. The molecule has 0 spiro atoms. The molecule has 1 aliphatic rings. The number of rotatable bonds is 1. The van der Waals surface area contributed by atoms with Crippen molar-refractivity contribution in [2.24, 2.45) is 5.41 Å². The Morgan fingerprint density at radius 1 is 1.35 bits per heavy atom. The van der Waals surface area contributed by atoms with Gasteiger partial charge in [0.2, 0.25) is 0 Å². The van der Waals surface area contributed by atoms with Crippen molar-refractivity contribution in [2.45, 2.75) is 27.2 Å². The Balaban J connectivity index is 2.12. The van der Waals surface area contributed by atoms with Gasteiger partial charge < -0.3 is 4.90 Å². The lowest BCUT2D eigenvalue weighted by molar-refractivity contribution is 0.0765. The molecule has 1 amide bonds. The van der Waals surface area contributed by atoms with Gasteiger partial charge in [-0.05, 0) is 46.0 Å². The van der Waals surface area contributed by atoms with Crippen LogP contribution in [-0.2, 0) is 0 Å². The second kappa shape index (κ2) is 5.68. The van der Waals surface area contributed by atoms with Crippen molar-refractivity contribution >= 4 is 21.8 Å². The summed E-state index contributed by atoms with van der Waals surface area (Å²) in [5, 5.41) is 0. The van der Waals surface area contributed by atoms with Crippen LogP contribution in [-0.4, -0.2) is 23.9 Å². The summed E-state index contributed by atoms with van der Waals surface area (Å²) in [4.78, 5) is 14.2. The van der Waals surface area contributed by atoms with Crippen LogP contribution in [0.15, 0.2) is 34.3 Å². The van der Waals surface area contributed by atoms with Crippen LogP contribution in [0.4, 0.5) is 4.39 Å². The molecule has 1 heterocycles. The van der Waals surface area contributed by atoms with Crippen molar-refractivity contribution < 1.29 is 9.18 Å². The van der Waals surface area contributed by atoms with Gasteiger partial charge in [-0.15, -0.1) is 0 Å². The van der Waals surface area contributed by atoms with Crippen molar-refractivity contribution in [1.82, 2.24) is 4.90 Å². The first-order valence-electron chi connectivity index (χ1n) is 6.73. The molecule has 0 atom stereocenters. The lowest BCUT2D eigenvalue weighted by atomic mass is 9.83. The lowest BCUT2D eigenvalue weighted by Crippen LogP contribution is -2.36. The van der Waals surface area contributed by atoms with E-state index in [0.29, 0.717) is 16.6 Å². The van der Waals surface area contributed by atoms with E-state index < -0.39 is 0 Å². The number of halogens is 2. The fraction of sp³-hybridized carbons (Fsp3) is 0.438. The minimum Gasteiger partial charge on any atom is -0.335 e. The van der Waals surface area contributed by atoms with E-state index >= 15 is 0 Å². The predicted molar refractivity (Wildman–Crippen MR) is 82.2 cm³/mol. The highest BCUT2D eigenvalue weighted by Gasteiger charge is 2.24. The van der Waals surface area contributed by atoms with Gasteiger partial charge >= 0.3 is 0 Å². The van der Waals surface area contributed by atoms with Crippen LogP contribution in [0.2, 0.25) is 0 Å². The van der Waals surface area contributed by atoms with Crippen molar-refractivity contribution in [3.63, 3.8) is 0 Å². The summed E-state index contributed by atoms with van der Waals surface area (Å²) < 4.78 is 13.5. The summed E-state index contributed by atoms with van der Waals surface area (Å²) in [6.07, 6.45) is 3.04. The van der Waals surface area contributed by atoms with Gasteiger partial charge in [0.05, 0.1) is 4.47 Å². The number of hydrogen-bond acceptors (Lipinski definition) is 1. The van der Waals surface area contributed by atoms with Crippen LogP contribution >= 0.6 is 15.9 Å². The van der Waals surface area contributed by atoms with E-state index in [4.69, 9.17) is 0 Å². The summed E-state index contributed by atoms with van der Waals surface area (Å²) in [5.74, 6) is -0.398. The molecule has 0 bridgehead atoms. The largest absolute Gasteiger partial charge is 0.335 e. The highest BCUT2D eigenvalue weighted by atomic mass is 79.9. The van der Waals surface area contributed by atoms with Gasteiger partial charge in [-0.1, -0.05) is 32.4 Å². The van der Waals surface area contributed by atoms with Gasteiger partial charge in [0.1, 0.15) is 5.82 Å². The molecule has 4 heteroatoms. The first kappa shape index (κ1) is 15.2. The van der Waals surface area contributed by atoms with E-state index in [1.807, 2.05) is 0 Å². The number of amides is 1. The highest BCUT2D eigenvalue weighted by Crippen LogP contribution is 2.30. The average molecular weight is 340 g/mol. The number of benzene rings is 1. The zero-order valence-corrected chi connectivity index (χ0v) is 13.6. The zero-order chi connectivity index (χ0) is 14.9. The van der Waals surface area contributed by atoms with Crippen LogP contribution in [0.1, 0.15) is 37.6 Å². The van der Waals surface area contributed by atoms with Crippen LogP contribution in [0, 0.1) is 11.2 Å². The van der Waals surface area contributed by atoms with E-state index in [9.17, 15) is 9.18 Å². The molecular formula is C16H19BrFNO. The molecule has 0 fully saturated rings. The van der Waals surface area contributed by atoms with Crippen molar-refractivity contribution in [1.29, 1.82) is 0 Å². The first-order chi connectivity index (χ1) is 9.29. The Kier molecular flexibility index (Phi) is 4.33. The summed E-state index contributed by atoms with van der Waals surface area (Å²) >= 11 is 3.12. The normalized spacial score (nSPS) is 16.1. The van der Waals surface area contributed by atoms with Gasteiger partial charge in [0.25, 0.3) is 5.91 Å². The molecule has 0 aromatic heterocycles. The molecule has 20 heavy (non-hydrogen) atoms. The Bertz CT molecular complexity index is 560. The maximum atomic E-state index is 13.2. The Hall–Kier alpha value is -1.16. The molecule has 0 N–H and O–H groups in total. The Morgan fingerprint density at radius 2 is 2.05 bits per heavy atom. The SMILES string of the molecule is CC(C)(C)C1=CCN(C(=O)c2ccc(F)c(Br)c2)CC1. The number of carbonyl (C=O) groups excluding carboxylic acids is 1. The summed E-state index contributed by atoms with van der Waals surface area (Å²) in [7, 11) is 0. The molecule has 0 radical (unpaired) electrons. The predicted octanol–water partition coefficient (Wildman–Crippen LogP) is 4.41. The summed E-state index contributed by atoms with van der Waals surface area (Å²) in [6, 6.07) is 4.39. The van der Waals surface area contributed by atoms with Crippen molar-refractivity contribution in [2.75, 3.05) is 13.1 Å². The zero-order valence-electron chi connectivity index (χ0n) is 12.0. The maximum Gasteiger partial charge on any atom is 0.254 e. The van der Waals surface area contributed by atoms with E-state index in [-0.39, 0.29) is 17.1 Å². The van der Waals surface area contributed by atoms with E-state index in [2.05, 4.69) is 42.8 Å². The molecule has 0 aliphatic carbocycles. The van der Waals surface area contributed by atoms with Gasteiger partial charge in [-0.25, -0.2) is 4.39 Å². The molecule has 1 aromatic rings. The molecule has 1 aliphatic heterocycles. The second-order valence-corrected chi connectivity index (χ2v) is 6.96. The lowest BCUT2D eigenvalue weighted by Gasteiger charge is -2.32. The van der Waals surface area contributed by atoms with Gasteiger partial charge in [0, 0.05) is 18.7 Å². The third-order valence-corrected chi connectivity index (χ3v) is 4.23. The summed E-state index contributed by atoms with van der Waals surface area (Å²) in [6.45, 7) is 7.91. The summed E-state index contributed by atoms with van der Waals surface area (Å²) in [5.41, 5.74) is 2.07. The first-order valence-corrected chi connectivity index (χ1v) is 7.52.